The van der Waals surface area contributed by atoms with Gasteiger partial charge in [0.1, 0.15) is 6.10 Å². The van der Waals surface area contributed by atoms with E-state index in [0.29, 0.717) is 30.3 Å². The van der Waals surface area contributed by atoms with Crippen LogP contribution in [0.1, 0.15) is 32.6 Å². The molecule has 23 heavy (non-hydrogen) atoms. The van der Waals surface area contributed by atoms with Gasteiger partial charge in [0.15, 0.2) is 0 Å². The Kier molecular flexibility index (Phi) is 4.60. The number of fused-ring (bicyclic) bond motifs is 5. The summed E-state index contributed by atoms with van der Waals surface area (Å²) in [5.41, 5.74) is 0. The van der Waals surface area contributed by atoms with E-state index in [2.05, 4.69) is 13.2 Å². The molecule has 0 spiro atoms. The molecule has 0 heterocycles. The Hall–Kier alpha value is -1.58. The highest BCUT2D eigenvalue weighted by atomic mass is 16.5. The molecule has 0 aliphatic heterocycles. The van der Waals surface area contributed by atoms with Gasteiger partial charge in [-0.1, -0.05) is 13.2 Å². The number of carbonyl (C=O) groups excluding carboxylic acids is 2. The molecule has 0 N–H and O–H groups in total. The first kappa shape index (κ1) is 16.3. The maximum absolute atomic E-state index is 11.4. The zero-order valence-electron chi connectivity index (χ0n) is 13.8. The average molecular weight is 318 g/mol. The molecule has 3 fully saturated rings. The highest BCUT2D eigenvalue weighted by Crippen LogP contribution is 2.62. The molecule has 7 unspecified atom stereocenters. The zero-order valence-corrected chi connectivity index (χ0v) is 13.8. The fourth-order valence-electron chi connectivity index (χ4n) is 5.41. The first-order valence-electron chi connectivity index (χ1n) is 8.65. The highest BCUT2D eigenvalue weighted by molar-refractivity contribution is 5.81. The van der Waals surface area contributed by atoms with E-state index < -0.39 is 0 Å². The maximum Gasteiger partial charge on any atom is 0.330 e. The summed E-state index contributed by atoms with van der Waals surface area (Å²) in [7, 11) is 0. The predicted octanol–water partition coefficient (Wildman–Crippen LogP) is 3.13. The summed E-state index contributed by atoms with van der Waals surface area (Å²) in [6.45, 7) is 9.43. The largest absolute Gasteiger partial charge is 0.462 e. The highest BCUT2D eigenvalue weighted by Gasteiger charge is 2.56. The Balaban J connectivity index is 1.56. The van der Waals surface area contributed by atoms with Crippen LogP contribution in [0, 0.1) is 35.5 Å². The summed E-state index contributed by atoms with van der Waals surface area (Å²) in [6, 6.07) is 0. The van der Waals surface area contributed by atoms with Gasteiger partial charge in [-0.2, -0.15) is 0 Å². The van der Waals surface area contributed by atoms with E-state index in [0.717, 1.165) is 24.7 Å². The van der Waals surface area contributed by atoms with Crippen LogP contribution in [0.5, 0.6) is 0 Å². The molecule has 3 saturated carbocycles. The fraction of sp³-hybridized carbons (Fsp3) is 0.684. The molecule has 0 amide bonds. The van der Waals surface area contributed by atoms with Crippen molar-refractivity contribution in [3.8, 4) is 0 Å². The van der Waals surface area contributed by atoms with E-state index in [4.69, 9.17) is 9.47 Å². The van der Waals surface area contributed by atoms with Crippen molar-refractivity contribution in [1.82, 2.24) is 0 Å². The van der Waals surface area contributed by atoms with Gasteiger partial charge in [-0.05, 0) is 68.1 Å². The summed E-state index contributed by atoms with van der Waals surface area (Å²) in [6.07, 6.45) is 7.17. The van der Waals surface area contributed by atoms with E-state index in [9.17, 15) is 9.59 Å². The third-order valence-corrected chi connectivity index (χ3v) is 6.38. The molecule has 0 radical (unpaired) electrons. The lowest BCUT2D eigenvalue weighted by atomic mass is 9.76. The Morgan fingerprint density at radius 3 is 2.43 bits per heavy atom. The maximum atomic E-state index is 11.4. The molecule has 0 aromatic heterocycles. The fourth-order valence-corrected chi connectivity index (χ4v) is 5.41. The molecule has 0 aromatic rings. The Morgan fingerprint density at radius 2 is 1.74 bits per heavy atom. The second kappa shape index (κ2) is 6.50. The van der Waals surface area contributed by atoms with Crippen LogP contribution in [0.4, 0.5) is 0 Å². The van der Waals surface area contributed by atoms with Crippen molar-refractivity contribution in [2.24, 2.45) is 35.5 Å². The molecule has 0 aromatic carbocycles. The first-order chi connectivity index (χ1) is 11.0. The average Bonchev–Trinajstić information content (AvgIpc) is 3.22. The predicted molar refractivity (Wildman–Crippen MR) is 86.3 cm³/mol. The molecule has 3 rings (SSSR count). The molecular formula is C19H26O4. The Labute approximate surface area is 137 Å². The van der Waals surface area contributed by atoms with Crippen LogP contribution in [0.25, 0.3) is 0 Å². The van der Waals surface area contributed by atoms with Crippen LogP contribution >= 0.6 is 0 Å². The summed E-state index contributed by atoms with van der Waals surface area (Å²) in [5.74, 6) is 3.19. The van der Waals surface area contributed by atoms with Crippen molar-refractivity contribution in [3.05, 3.63) is 25.3 Å². The lowest BCUT2D eigenvalue weighted by Gasteiger charge is -2.31. The Bertz CT molecular complexity index is 511. The minimum absolute atomic E-state index is 0.0393. The third kappa shape index (κ3) is 3.08. The van der Waals surface area contributed by atoms with E-state index in [1.54, 1.807) is 0 Å². The second-order valence-corrected chi connectivity index (χ2v) is 7.39. The Morgan fingerprint density at radius 1 is 1.04 bits per heavy atom. The van der Waals surface area contributed by atoms with Gasteiger partial charge in [-0.15, -0.1) is 0 Å². The normalized spacial score (nSPS) is 38.7. The van der Waals surface area contributed by atoms with Crippen molar-refractivity contribution in [2.45, 2.75) is 38.7 Å². The molecule has 3 aliphatic rings. The number of esters is 2. The zero-order chi connectivity index (χ0) is 16.6. The van der Waals surface area contributed by atoms with Gasteiger partial charge in [-0.25, -0.2) is 9.59 Å². The summed E-state index contributed by atoms with van der Waals surface area (Å²) in [5, 5.41) is 0. The monoisotopic (exact) mass is 318 g/mol. The first-order valence-corrected chi connectivity index (χ1v) is 8.65. The lowest BCUT2D eigenvalue weighted by molar-refractivity contribution is -0.144. The molecule has 7 atom stereocenters. The van der Waals surface area contributed by atoms with Crippen molar-refractivity contribution in [1.29, 1.82) is 0 Å². The molecule has 3 aliphatic carbocycles. The smallest absolute Gasteiger partial charge is 0.330 e. The van der Waals surface area contributed by atoms with E-state index in [1.165, 1.54) is 25.0 Å². The molecular weight excluding hydrogens is 292 g/mol. The number of hydrogen-bond acceptors (Lipinski definition) is 4. The molecule has 0 saturated heterocycles. The van der Waals surface area contributed by atoms with Crippen molar-refractivity contribution >= 4 is 11.9 Å². The quantitative estimate of drug-likeness (QED) is 0.558. The second-order valence-electron chi connectivity index (χ2n) is 7.39. The van der Waals surface area contributed by atoms with Gasteiger partial charge in [-0.3, -0.25) is 0 Å². The SMILES string of the molecule is C=CC(=O)OCC1CC2CC1C1CC(C(C)OC(=O)C=C)CC21. The van der Waals surface area contributed by atoms with E-state index in [1.807, 2.05) is 6.92 Å². The molecule has 4 heteroatoms. The van der Waals surface area contributed by atoms with Crippen LogP contribution < -0.4 is 0 Å². The molecule has 126 valence electrons. The molecule has 2 bridgehead atoms. The lowest BCUT2D eigenvalue weighted by Crippen LogP contribution is -2.28. The minimum atomic E-state index is -0.327. The number of rotatable bonds is 6. The van der Waals surface area contributed by atoms with Gasteiger partial charge in [0.05, 0.1) is 6.61 Å². The van der Waals surface area contributed by atoms with Crippen molar-refractivity contribution in [2.75, 3.05) is 6.61 Å². The van der Waals surface area contributed by atoms with Gasteiger partial charge < -0.3 is 9.47 Å². The third-order valence-electron chi connectivity index (χ3n) is 6.38. The van der Waals surface area contributed by atoms with Crippen LogP contribution in [-0.2, 0) is 19.1 Å². The summed E-state index contributed by atoms with van der Waals surface area (Å²) >= 11 is 0. The summed E-state index contributed by atoms with van der Waals surface area (Å²) in [4.78, 5) is 22.7. The van der Waals surface area contributed by atoms with Crippen LogP contribution in [0.3, 0.4) is 0 Å². The van der Waals surface area contributed by atoms with Crippen LogP contribution in [0.15, 0.2) is 25.3 Å². The van der Waals surface area contributed by atoms with Gasteiger partial charge in [0.2, 0.25) is 0 Å². The van der Waals surface area contributed by atoms with Crippen LogP contribution in [0.2, 0.25) is 0 Å². The minimum Gasteiger partial charge on any atom is -0.462 e. The van der Waals surface area contributed by atoms with Crippen molar-refractivity contribution < 1.29 is 19.1 Å². The van der Waals surface area contributed by atoms with Gasteiger partial charge in [0, 0.05) is 12.2 Å². The number of ether oxygens (including phenoxy) is 2. The standard InChI is InChI=1S/C19H26O4/c1-4-18(20)22-10-14-6-13-9-16(14)17-8-12(7-15(13)17)11(3)23-19(21)5-2/h4-5,11-17H,1-2,6-10H2,3H3. The van der Waals surface area contributed by atoms with Crippen molar-refractivity contribution in [3.63, 3.8) is 0 Å². The van der Waals surface area contributed by atoms with E-state index >= 15 is 0 Å². The number of carbonyl (C=O) groups is 2. The number of hydrogen-bond donors (Lipinski definition) is 0. The van der Waals surface area contributed by atoms with Gasteiger partial charge in [0.25, 0.3) is 0 Å². The topological polar surface area (TPSA) is 52.6 Å². The summed E-state index contributed by atoms with van der Waals surface area (Å²) < 4.78 is 10.7. The van der Waals surface area contributed by atoms with Crippen LogP contribution in [-0.4, -0.2) is 24.6 Å². The molecule has 4 nitrogen and oxygen atoms in total. The van der Waals surface area contributed by atoms with E-state index in [-0.39, 0.29) is 18.0 Å². The van der Waals surface area contributed by atoms with Gasteiger partial charge >= 0.3 is 11.9 Å².